The molecule has 10 heteroatoms. The molecular weight excluding hydrogens is 427 g/mol. The molecule has 0 N–H and O–H groups in total. The van der Waals surface area contributed by atoms with Gasteiger partial charge in [0.25, 0.3) is 5.91 Å². The van der Waals surface area contributed by atoms with Crippen molar-refractivity contribution >= 4 is 16.9 Å². The Morgan fingerprint density at radius 1 is 1.06 bits per heavy atom. The molecule has 0 atom stereocenters. The number of hydrogen-bond acceptors (Lipinski definition) is 6. The van der Waals surface area contributed by atoms with E-state index in [1.54, 1.807) is 24.3 Å². The lowest BCUT2D eigenvalue weighted by Gasteiger charge is -2.36. The second-order valence-electron chi connectivity index (χ2n) is 7.41. The number of rotatable bonds is 3. The molecule has 1 amide bonds. The Bertz CT molecular complexity index is 1390. The van der Waals surface area contributed by atoms with Gasteiger partial charge in [-0.2, -0.15) is 18.2 Å². The second-order valence-corrected chi connectivity index (χ2v) is 7.41. The topological polar surface area (TPSA) is 89.4 Å². The summed E-state index contributed by atoms with van der Waals surface area (Å²) in [6.07, 6.45) is -4.48. The minimum absolute atomic E-state index is 0.0383. The van der Waals surface area contributed by atoms with E-state index < -0.39 is 17.6 Å². The highest BCUT2D eigenvalue weighted by atomic mass is 19.4. The van der Waals surface area contributed by atoms with Gasteiger partial charge in [-0.1, -0.05) is 29.4 Å². The lowest BCUT2D eigenvalue weighted by molar-refractivity contribution is -0.137. The zero-order valence-corrected chi connectivity index (χ0v) is 16.3. The molecule has 1 fully saturated rings. The highest BCUT2D eigenvalue weighted by molar-refractivity contribution is 5.93. The van der Waals surface area contributed by atoms with Gasteiger partial charge in [-0.15, -0.1) is 0 Å². The van der Waals surface area contributed by atoms with Gasteiger partial charge in [-0.05, 0) is 24.3 Å². The van der Waals surface area contributed by atoms with Crippen molar-refractivity contribution in [1.29, 1.82) is 0 Å². The maximum atomic E-state index is 12.9. The maximum absolute atomic E-state index is 12.9. The van der Waals surface area contributed by atoms with Crippen LogP contribution in [0.25, 0.3) is 22.4 Å². The van der Waals surface area contributed by atoms with Crippen molar-refractivity contribution in [3.8, 4) is 11.4 Å². The van der Waals surface area contributed by atoms with Gasteiger partial charge in [-0.25, -0.2) is 0 Å². The van der Waals surface area contributed by atoms with Crippen molar-refractivity contribution in [2.24, 2.45) is 0 Å². The summed E-state index contributed by atoms with van der Waals surface area (Å²) in [6, 6.07) is 12.5. The van der Waals surface area contributed by atoms with E-state index in [9.17, 15) is 22.8 Å². The van der Waals surface area contributed by atoms with E-state index in [0.29, 0.717) is 11.0 Å². The largest absolute Gasteiger partial charge is 0.451 e. The molecule has 3 heterocycles. The van der Waals surface area contributed by atoms with Gasteiger partial charge in [-0.3, -0.25) is 9.59 Å². The Morgan fingerprint density at radius 2 is 1.84 bits per heavy atom. The summed E-state index contributed by atoms with van der Waals surface area (Å²) in [6.45, 7) is 0.499. The summed E-state index contributed by atoms with van der Waals surface area (Å²) < 4.78 is 49.5. The standard InChI is InChI=1S/C22H14F3N3O4/c23-22(24,25)14-5-3-4-12(8-14)19-26-20(32-27-19)13-10-28(11-13)21(30)18-9-16(29)15-6-1-2-7-17(15)31-18/h1-9,13H,10-11H2. The first-order valence-corrected chi connectivity index (χ1v) is 9.63. The molecule has 0 unspecified atom stereocenters. The van der Waals surface area contributed by atoms with Crippen molar-refractivity contribution in [2.75, 3.05) is 13.1 Å². The van der Waals surface area contributed by atoms with Crippen LogP contribution < -0.4 is 5.43 Å². The third-order valence-corrected chi connectivity index (χ3v) is 5.25. The van der Waals surface area contributed by atoms with Crippen LogP contribution in [0.1, 0.15) is 27.9 Å². The predicted molar refractivity (Wildman–Crippen MR) is 106 cm³/mol. The smallest absolute Gasteiger partial charge is 0.416 e. The molecule has 1 aliphatic rings. The third kappa shape index (κ3) is 3.53. The molecule has 32 heavy (non-hydrogen) atoms. The SMILES string of the molecule is O=C(c1cc(=O)c2ccccc2o1)N1CC(c2nc(-c3cccc(C(F)(F)F)c3)no2)C1. The first kappa shape index (κ1) is 20.0. The second kappa shape index (κ2) is 7.33. The van der Waals surface area contributed by atoms with Crippen LogP contribution in [0, 0.1) is 0 Å². The van der Waals surface area contributed by atoms with Crippen LogP contribution in [0.2, 0.25) is 0 Å². The summed E-state index contributed by atoms with van der Waals surface area (Å²) >= 11 is 0. The fourth-order valence-corrected chi connectivity index (χ4v) is 3.52. The third-order valence-electron chi connectivity index (χ3n) is 5.25. The average molecular weight is 441 g/mol. The Morgan fingerprint density at radius 3 is 2.62 bits per heavy atom. The number of fused-ring (bicyclic) bond motifs is 1. The van der Waals surface area contributed by atoms with E-state index in [1.165, 1.54) is 17.0 Å². The van der Waals surface area contributed by atoms with Crippen LogP contribution in [0.15, 0.2) is 68.3 Å². The molecule has 0 saturated carbocycles. The first-order chi connectivity index (χ1) is 15.3. The van der Waals surface area contributed by atoms with Gasteiger partial charge < -0.3 is 13.8 Å². The van der Waals surface area contributed by atoms with Crippen molar-refractivity contribution in [2.45, 2.75) is 12.1 Å². The van der Waals surface area contributed by atoms with Crippen LogP contribution in [-0.2, 0) is 6.18 Å². The maximum Gasteiger partial charge on any atom is 0.416 e. The fraction of sp³-hybridized carbons (Fsp3) is 0.182. The Hall–Kier alpha value is -3.95. The number of benzene rings is 2. The molecule has 0 spiro atoms. The number of likely N-dealkylation sites (tertiary alicyclic amines) is 1. The van der Waals surface area contributed by atoms with E-state index in [-0.39, 0.29) is 47.5 Å². The van der Waals surface area contributed by atoms with Gasteiger partial charge in [0.1, 0.15) is 5.58 Å². The summed E-state index contributed by atoms with van der Waals surface area (Å²) in [4.78, 5) is 30.5. The number of aromatic nitrogens is 2. The van der Waals surface area contributed by atoms with Gasteiger partial charge >= 0.3 is 6.18 Å². The number of nitrogens with zero attached hydrogens (tertiary/aromatic N) is 3. The van der Waals surface area contributed by atoms with Crippen LogP contribution >= 0.6 is 0 Å². The van der Waals surface area contributed by atoms with Crippen molar-refractivity contribution < 1.29 is 26.9 Å². The molecular formula is C22H14F3N3O4. The summed E-state index contributed by atoms with van der Waals surface area (Å²) in [5.41, 5.74) is -0.614. The minimum Gasteiger partial charge on any atom is -0.451 e. The molecule has 1 saturated heterocycles. The lowest BCUT2D eigenvalue weighted by atomic mass is 9.99. The zero-order chi connectivity index (χ0) is 22.5. The van der Waals surface area contributed by atoms with E-state index in [4.69, 9.17) is 8.94 Å². The van der Waals surface area contributed by atoms with Crippen LogP contribution in [0.3, 0.4) is 0 Å². The normalized spacial score (nSPS) is 14.5. The summed E-state index contributed by atoms with van der Waals surface area (Å²) in [5.74, 6) is -0.514. The zero-order valence-electron chi connectivity index (χ0n) is 16.3. The summed E-state index contributed by atoms with van der Waals surface area (Å²) in [5, 5.41) is 4.16. The van der Waals surface area contributed by atoms with Crippen molar-refractivity contribution in [3.05, 3.63) is 82.0 Å². The Kier molecular flexibility index (Phi) is 4.58. The predicted octanol–water partition coefficient (Wildman–Crippen LogP) is 4.10. The number of para-hydroxylation sites is 1. The lowest BCUT2D eigenvalue weighted by Crippen LogP contribution is -2.48. The molecule has 5 rings (SSSR count). The van der Waals surface area contributed by atoms with Crippen LogP contribution in [-0.4, -0.2) is 34.0 Å². The van der Waals surface area contributed by atoms with Gasteiger partial charge in [0, 0.05) is 24.7 Å². The minimum atomic E-state index is -4.48. The monoisotopic (exact) mass is 441 g/mol. The van der Waals surface area contributed by atoms with Gasteiger partial charge in [0.05, 0.1) is 16.9 Å². The number of carbonyl (C=O) groups excluding carboxylic acids is 1. The molecule has 0 radical (unpaired) electrons. The molecule has 0 bridgehead atoms. The van der Waals surface area contributed by atoms with Crippen molar-refractivity contribution in [1.82, 2.24) is 15.0 Å². The number of hydrogen-bond donors (Lipinski definition) is 0. The number of amides is 1. The highest BCUT2D eigenvalue weighted by Crippen LogP contribution is 2.33. The fourth-order valence-electron chi connectivity index (χ4n) is 3.52. The Balaban J connectivity index is 1.30. The van der Waals surface area contributed by atoms with E-state index >= 15 is 0 Å². The molecule has 1 aliphatic heterocycles. The quantitative estimate of drug-likeness (QED) is 0.476. The van der Waals surface area contributed by atoms with Gasteiger partial charge in [0.2, 0.25) is 11.7 Å². The van der Waals surface area contributed by atoms with E-state index in [2.05, 4.69) is 10.1 Å². The molecule has 0 aliphatic carbocycles. The number of alkyl halides is 3. The number of halogens is 3. The van der Waals surface area contributed by atoms with Crippen molar-refractivity contribution in [3.63, 3.8) is 0 Å². The Labute approximate surface area is 178 Å². The first-order valence-electron chi connectivity index (χ1n) is 9.63. The molecule has 2 aromatic carbocycles. The highest BCUT2D eigenvalue weighted by Gasteiger charge is 2.37. The summed E-state index contributed by atoms with van der Waals surface area (Å²) in [7, 11) is 0. The van der Waals surface area contributed by atoms with Crippen LogP contribution in [0.4, 0.5) is 13.2 Å². The van der Waals surface area contributed by atoms with Crippen LogP contribution in [0.5, 0.6) is 0 Å². The van der Waals surface area contributed by atoms with Gasteiger partial charge in [0.15, 0.2) is 11.2 Å². The van der Waals surface area contributed by atoms with E-state index in [1.807, 2.05) is 0 Å². The number of carbonyl (C=O) groups is 1. The molecule has 162 valence electrons. The molecule has 4 aromatic rings. The molecule has 7 nitrogen and oxygen atoms in total. The van der Waals surface area contributed by atoms with E-state index in [0.717, 1.165) is 18.2 Å². The molecule has 2 aromatic heterocycles. The average Bonchev–Trinajstić information content (AvgIpc) is 3.22.